The fourth-order valence-corrected chi connectivity index (χ4v) is 3.56. The fraction of sp³-hybridized carbons (Fsp3) is 0.333. The highest BCUT2D eigenvalue weighted by Gasteiger charge is 2.24. The molecule has 0 saturated heterocycles. The zero-order valence-corrected chi connectivity index (χ0v) is 22.5. The summed E-state index contributed by atoms with van der Waals surface area (Å²) in [7, 11) is 1.41. The Balaban J connectivity index is 2.52. The van der Waals surface area contributed by atoms with Gasteiger partial charge in [0.15, 0.2) is 5.69 Å². The normalized spacial score (nSPS) is 10.7. The number of non-ortho nitro benzene ring substituents is 1. The van der Waals surface area contributed by atoms with Crippen molar-refractivity contribution in [3.8, 4) is 5.75 Å². The van der Waals surface area contributed by atoms with Gasteiger partial charge in [-0.1, -0.05) is 18.2 Å². The van der Waals surface area contributed by atoms with E-state index in [1.165, 1.54) is 20.1 Å². The van der Waals surface area contributed by atoms with Gasteiger partial charge in [0.05, 0.1) is 45.8 Å². The number of azo groups is 1. The number of hydrogen-bond donors (Lipinski definition) is 1. The molecule has 39 heavy (non-hydrogen) atoms. The van der Waals surface area contributed by atoms with Crippen LogP contribution in [-0.2, 0) is 14.3 Å². The van der Waals surface area contributed by atoms with Gasteiger partial charge in [-0.2, -0.15) is 0 Å². The molecule has 0 aliphatic rings. The van der Waals surface area contributed by atoms with Crippen LogP contribution < -0.4 is 15.0 Å². The first-order valence-corrected chi connectivity index (χ1v) is 11.8. The molecule has 0 aromatic heterocycles. The molecule has 0 heterocycles. The first-order valence-electron chi connectivity index (χ1n) is 11.5. The van der Waals surface area contributed by atoms with E-state index >= 15 is 0 Å². The van der Waals surface area contributed by atoms with Crippen LogP contribution in [0, 0.1) is 20.2 Å². The van der Waals surface area contributed by atoms with Crippen molar-refractivity contribution in [2.24, 2.45) is 10.2 Å². The minimum Gasteiger partial charge on any atom is -0.494 e. The number of esters is 1. The monoisotopic (exact) mass is 562 g/mol. The van der Waals surface area contributed by atoms with E-state index in [1.54, 1.807) is 13.0 Å². The van der Waals surface area contributed by atoms with Gasteiger partial charge in [0.2, 0.25) is 5.91 Å². The molecule has 0 atom stereocenters. The summed E-state index contributed by atoms with van der Waals surface area (Å²) in [6, 6.07) is 4.64. The minimum absolute atomic E-state index is 0.0615. The number of methoxy groups -OCH3 is 1. The highest BCUT2D eigenvalue weighted by Crippen LogP contribution is 2.42. The van der Waals surface area contributed by atoms with Crippen molar-refractivity contribution >= 4 is 57.6 Å². The Bertz CT molecular complexity index is 1330. The molecule has 0 radical (unpaired) electrons. The lowest BCUT2D eigenvalue weighted by Crippen LogP contribution is -2.27. The van der Waals surface area contributed by atoms with Gasteiger partial charge in [-0.3, -0.25) is 29.8 Å². The number of carbonyl (C=O) groups excluding carboxylic acids is 2. The summed E-state index contributed by atoms with van der Waals surface area (Å²) in [6.45, 7) is 9.43. The van der Waals surface area contributed by atoms with E-state index in [2.05, 4.69) is 22.1 Å². The number of carbonyl (C=O) groups is 2. The van der Waals surface area contributed by atoms with E-state index in [0.717, 1.165) is 12.1 Å². The van der Waals surface area contributed by atoms with E-state index in [9.17, 15) is 29.8 Å². The summed E-state index contributed by atoms with van der Waals surface area (Å²) < 4.78 is 10.6. The van der Waals surface area contributed by atoms with Crippen molar-refractivity contribution in [3.05, 3.63) is 61.7 Å². The van der Waals surface area contributed by atoms with Gasteiger partial charge in [-0.25, -0.2) is 0 Å². The maximum atomic E-state index is 12.1. The number of nitrogens with one attached hydrogen (secondary N) is 1. The van der Waals surface area contributed by atoms with E-state index in [-0.39, 0.29) is 36.0 Å². The number of nitrogens with zero attached hydrogens (tertiary/aromatic N) is 5. The Morgan fingerprint density at radius 1 is 1.13 bits per heavy atom. The van der Waals surface area contributed by atoms with Gasteiger partial charge in [-0.15, -0.1) is 10.2 Å². The van der Waals surface area contributed by atoms with E-state index in [1.807, 2.05) is 11.8 Å². The molecule has 0 bridgehead atoms. The highest BCUT2D eigenvalue weighted by atomic mass is 35.5. The Labute approximate surface area is 228 Å². The Morgan fingerprint density at radius 3 is 2.36 bits per heavy atom. The second kappa shape index (κ2) is 13.8. The van der Waals surface area contributed by atoms with Crippen molar-refractivity contribution in [1.82, 2.24) is 0 Å². The Morgan fingerprint density at radius 2 is 1.82 bits per heavy atom. The predicted octanol–water partition coefficient (Wildman–Crippen LogP) is 5.87. The lowest BCUT2D eigenvalue weighted by atomic mass is 10.2. The topological polar surface area (TPSA) is 179 Å². The minimum atomic E-state index is -0.869. The van der Waals surface area contributed by atoms with Crippen molar-refractivity contribution in [1.29, 1.82) is 0 Å². The molecule has 15 heteroatoms. The Hall–Kier alpha value is -4.59. The lowest BCUT2D eigenvalue weighted by Gasteiger charge is -2.26. The molecule has 0 spiro atoms. The van der Waals surface area contributed by atoms with E-state index in [0.29, 0.717) is 23.6 Å². The third kappa shape index (κ3) is 8.46. The van der Waals surface area contributed by atoms with Gasteiger partial charge >= 0.3 is 11.7 Å². The van der Waals surface area contributed by atoms with Crippen LogP contribution >= 0.6 is 11.6 Å². The first kappa shape index (κ1) is 30.6. The molecule has 2 aromatic carbocycles. The number of amides is 1. The summed E-state index contributed by atoms with van der Waals surface area (Å²) in [6.07, 6.45) is 0.0729. The lowest BCUT2D eigenvalue weighted by molar-refractivity contribution is -0.393. The zero-order valence-electron chi connectivity index (χ0n) is 21.7. The summed E-state index contributed by atoms with van der Waals surface area (Å²) in [4.78, 5) is 46.7. The van der Waals surface area contributed by atoms with Crippen LogP contribution in [0.1, 0.15) is 27.2 Å². The number of anilines is 2. The van der Waals surface area contributed by atoms with Gasteiger partial charge in [0.1, 0.15) is 18.0 Å². The molecule has 208 valence electrons. The fourth-order valence-electron chi connectivity index (χ4n) is 3.31. The molecule has 0 aliphatic carbocycles. The van der Waals surface area contributed by atoms with Crippen LogP contribution in [0.5, 0.6) is 5.75 Å². The van der Waals surface area contributed by atoms with Crippen LogP contribution in [0.25, 0.3) is 0 Å². The second-order valence-electron chi connectivity index (χ2n) is 8.18. The average Bonchev–Trinajstić information content (AvgIpc) is 2.86. The number of nitro benzene ring substituents is 2. The second-order valence-corrected chi connectivity index (χ2v) is 8.59. The third-order valence-electron chi connectivity index (χ3n) is 5.09. The highest BCUT2D eigenvalue weighted by molar-refractivity contribution is 6.33. The van der Waals surface area contributed by atoms with Crippen LogP contribution in [0.4, 0.5) is 34.1 Å². The Kier molecular flexibility index (Phi) is 10.8. The standard InChI is InChI=1S/C24H27ClN6O8/c1-6-29(8-7-23(33)39-13-14(2)3)20-11-18(26-15(4)32)19(12-22(20)38-5)27-28-24-17(25)9-16(30(34)35)10-21(24)31(36)37/h9-12H,2,6-8,13H2,1,3-5H3,(H,26,32). The molecular formula is C24H27ClN6O8. The van der Waals surface area contributed by atoms with Crippen molar-refractivity contribution in [2.45, 2.75) is 27.2 Å². The molecule has 2 aromatic rings. The molecule has 1 amide bonds. The molecule has 2 rings (SSSR count). The average molecular weight is 563 g/mol. The van der Waals surface area contributed by atoms with Gasteiger partial charge in [0, 0.05) is 32.1 Å². The number of benzene rings is 2. The van der Waals surface area contributed by atoms with Crippen LogP contribution in [0.3, 0.4) is 0 Å². The van der Waals surface area contributed by atoms with Gasteiger partial charge in [-0.05, 0) is 25.5 Å². The quantitative estimate of drug-likeness (QED) is 0.103. The molecule has 0 saturated carbocycles. The molecule has 1 N–H and O–H groups in total. The van der Waals surface area contributed by atoms with E-state index in [4.69, 9.17) is 21.1 Å². The van der Waals surface area contributed by atoms with Crippen molar-refractivity contribution in [3.63, 3.8) is 0 Å². The van der Waals surface area contributed by atoms with Gasteiger partial charge < -0.3 is 19.7 Å². The smallest absolute Gasteiger partial charge is 0.307 e. The largest absolute Gasteiger partial charge is 0.494 e. The maximum absolute atomic E-state index is 12.1. The summed E-state index contributed by atoms with van der Waals surface area (Å²) >= 11 is 6.05. The number of rotatable bonds is 13. The summed E-state index contributed by atoms with van der Waals surface area (Å²) in [5, 5.41) is 32.7. The van der Waals surface area contributed by atoms with Gasteiger partial charge in [0.25, 0.3) is 5.69 Å². The summed E-state index contributed by atoms with van der Waals surface area (Å²) in [5.41, 5.74) is -0.237. The summed E-state index contributed by atoms with van der Waals surface area (Å²) in [5.74, 6) is -0.544. The number of hydrogen-bond acceptors (Lipinski definition) is 11. The number of halogens is 1. The molecular weight excluding hydrogens is 536 g/mol. The molecule has 0 unspecified atom stereocenters. The maximum Gasteiger partial charge on any atom is 0.307 e. The first-order chi connectivity index (χ1) is 18.4. The molecule has 0 aliphatic heterocycles. The number of nitro groups is 2. The van der Waals surface area contributed by atoms with Crippen LogP contribution in [-0.4, -0.2) is 48.5 Å². The van der Waals surface area contributed by atoms with E-state index < -0.39 is 38.8 Å². The van der Waals surface area contributed by atoms with Crippen molar-refractivity contribution in [2.75, 3.05) is 37.0 Å². The molecule has 14 nitrogen and oxygen atoms in total. The third-order valence-corrected chi connectivity index (χ3v) is 5.38. The van der Waals surface area contributed by atoms with Crippen LogP contribution in [0.15, 0.2) is 46.6 Å². The van der Waals surface area contributed by atoms with Crippen molar-refractivity contribution < 1.29 is 28.9 Å². The molecule has 0 fully saturated rings. The SMILES string of the molecule is C=C(C)COC(=O)CCN(CC)c1cc(NC(C)=O)c(N=Nc2c(Cl)cc([N+](=O)[O-])cc2[N+](=O)[O-])cc1OC. The predicted molar refractivity (Wildman–Crippen MR) is 145 cm³/mol. The zero-order chi connectivity index (χ0) is 29.3. The number of ether oxygens (including phenoxy) is 2. The van der Waals surface area contributed by atoms with Crippen LogP contribution in [0.2, 0.25) is 5.02 Å².